The van der Waals surface area contributed by atoms with Gasteiger partial charge in [-0.2, -0.15) is 0 Å². The second-order valence-electron chi connectivity index (χ2n) is 6.93. The molecule has 0 unspecified atom stereocenters. The Kier molecular flexibility index (Phi) is 6.32. The predicted molar refractivity (Wildman–Crippen MR) is 95.2 cm³/mol. The highest BCUT2D eigenvalue weighted by Gasteiger charge is 2.37. The summed E-state index contributed by atoms with van der Waals surface area (Å²) in [4.78, 5) is 76.5. The topological polar surface area (TPSA) is 130 Å². The van der Waals surface area contributed by atoms with E-state index in [1.165, 1.54) is 0 Å². The summed E-state index contributed by atoms with van der Waals surface area (Å²) in [6.07, 6.45) is 1.90. The number of rotatable bonds is 6. The maximum absolute atomic E-state index is 12.3. The van der Waals surface area contributed by atoms with Crippen molar-refractivity contribution in [3.63, 3.8) is 0 Å². The fourth-order valence-corrected chi connectivity index (χ4v) is 4.20. The van der Waals surface area contributed by atoms with Crippen LogP contribution in [-0.4, -0.2) is 63.6 Å². The van der Waals surface area contributed by atoms with E-state index >= 15 is 0 Å². The molecule has 1 aliphatic carbocycles. The summed E-state index contributed by atoms with van der Waals surface area (Å²) in [6.45, 7) is 0.341. The van der Waals surface area contributed by atoms with Gasteiger partial charge in [0.15, 0.2) is 0 Å². The average molecular weight is 411 g/mol. The molecule has 5 amide bonds. The number of amides is 5. The van der Waals surface area contributed by atoms with Gasteiger partial charge in [-0.25, -0.2) is 4.79 Å². The summed E-state index contributed by atoms with van der Waals surface area (Å²) < 4.78 is 0. The number of carbonyl (C=O) groups is 6. The standard InChI is InChI=1S/C17H21N3O7S/c21-12-5-6-13(22)20(12)27-16(25)11-3-1-10(2-4-11)15(24)18-7-8-19-14(23)9-28-17(19)26/h10-11H,1-9H2,(H,18,24)/t10-,11+. The second kappa shape index (κ2) is 8.72. The van der Waals surface area contributed by atoms with Crippen LogP contribution in [0.1, 0.15) is 38.5 Å². The first kappa shape index (κ1) is 20.3. The van der Waals surface area contributed by atoms with Crippen LogP contribution in [-0.2, 0) is 28.8 Å². The van der Waals surface area contributed by atoms with Gasteiger partial charge in [0.2, 0.25) is 11.8 Å². The molecule has 0 aromatic carbocycles. The largest absolute Gasteiger partial charge is 0.354 e. The van der Waals surface area contributed by atoms with Crippen molar-refractivity contribution in [1.82, 2.24) is 15.3 Å². The van der Waals surface area contributed by atoms with Crippen molar-refractivity contribution in [2.45, 2.75) is 38.5 Å². The van der Waals surface area contributed by atoms with Gasteiger partial charge in [0.05, 0.1) is 11.7 Å². The summed E-state index contributed by atoms with van der Waals surface area (Å²) in [5.41, 5.74) is 0. The monoisotopic (exact) mass is 411 g/mol. The van der Waals surface area contributed by atoms with Crippen LogP contribution in [0.3, 0.4) is 0 Å². The lowest BCUT2D eigenvalue weighted by atomic mass is 9.81. The number of nitrogens with zero attached hydrogens (tertiary/aromatic N) is 2. The Balaban J connectivity index is 1.38. The van der Waals surface area contributed by atoms with Gasteiger partial charge in [-0.1, -0.05) is 11.8 Å². The molecule has 3 rings (SSSR count). The summed E-state index contributed by atoms with van der Waals surface area (Å²) >= 11 is 0.950. The fraction of sp³-hybridized carbons (Fsp3) is 0.647. The van der Waals surface area contributed by atoms with E-state index in [9.17, 15) is 28.8 Å². The molecule has 0 atom stereocenters. The molecule has 28 heavy (non-hydrogen) atoms. The van der Waals surface area contributed by atoms with Crippen LogP contribution in [0.15, 0.2) is 0 Å². The second-order valence-corrected chi connectivity index (χ2v) is 7.86. The van der Waals surface area contributed by atoms with Gasteiger partial charge in [0.1, 0.15) is 0 Å². The lowest BCUT2D eigenvalue weighted by molar-refractivity contribution is -0.201. The lowest BCUT2D eigenvalue weighted by Crippen LogP contribution is -2.41. The number of hydroxylamine groups is 2. The SMILES string of the molecule is O=C1CSC(=O)N1CCNC(=O)[C@H]1CC[C@@H](C(=O)ON2C(=O)CCC2=O)CC1. The average Bonchev–Trinajstić information content (AvgIpc) is 3.18. The highest BCUT2D eigenvalue weighted by Crippen LogP contribution is 2.30. The molecular weight excluding hydrogens is 390 g/mol. The zero-order chi connectivity index (χ0) is 20.3. The van der Waals surface area contributed by atoms with Crippen LogP contribution >= 0.6 is 11.8 Å². The highest BCUT2D eigenvalue weighted by atomic mass is 32.2. The number of carbonyl (C=O) groups excluding carboxylic acids is 6. The minimum atomic E-state index is -0.619. The normalized spacial score (nSPS) is 25.4. The van der Waals surface area contributed by atoms with Crippen LogP contribution in [0.4, 0.5) is 4.79 Å². The van der Waals surface area contributed by atoms with Crippen LogP contribution in [0.5, 0.6) is 0 Å². The lowest BCUT2D eigenvalue weighted by Gasteiger charge is -2.27. The van der Waals surface area contributed by atoms with E-state index < -0.39 is 23.7 Å². The van der Waals surface area contributed by atoms with Gasteiger partial charge < -0.3 is 10.2 Å². The highest BCUT2D eigenvalue weighted by molar-refractivity contribution is 8.14. The van der Waals surface area contributed by atoms with Gasteiger partial charge in [0.25, 0.3) is 17.1 Å². The Morgan fingerprint density at radius 3 is 2.14 bits per heavy atom. The van der Waals surface area contributed by atoms with Crippen molar-refractivity contribution in [1.29, 1.82) is 0 Å². The Bertz CT molecular complexity index is 686. The molecule has 2 saturated heterocycles. The van der Waals surface area contributed by atoms with Crippen molar-refractivity contribution in [2.24, 2.45) is 11.8 Å². The van der Waals surface area contributed by atoms with Crippen molar-refractivity contribution in [3.8, 4) is 0 Å². The third kappa shape index (κ3) is 4.51. The molecular formula is C17H21N3O7S. The zero-order valence-electron chi connectivity index (χ0n) is 15.2. The molecule has 0 aromatic rings. The van der Waals surface area contributed by atoms with Crippen molar-refractivity contribution in [2.75, 3.05) is 18.8 Å². The van der Waals surface area contributed by atoms with Crippen molar-refractivity contribution < 1.29 is 33.6 Å². The van der Waals surface area contributed by atoms with Gasteiger partial charge >= 0.3 is 5.97 Å². The molecule has 3 fully saturated rings. The van der Waals surface area contributed by atoms with E-state index in [0.717, 1.165) is 16.7 Å². The molecule has 0 spiro atoms. The number of nitrogens with one attached hydrogen (secondary N) is 1. The maximum Gasteiger partial charge on any atom is 0.336 e. The van der Waals surface area contributed by atoms with Crippen molar-refractivity contribution in [3.05, 3.63) is 0 Å². The minimum absolute atomic E-state index is 0.0480. The van der Waals surface area contributed by atoms with Gasteiger partial charge in [0, 0.05) is 31.8 Å². The third-order valence-corrected chi connectivity index (χ3v) is 5.95. The van der Waals surface area contributed by atoms with E-state index in [1.54, 1.807) is 0 Å². The number of hydrogen-bond donors (Lipinski definition) is 1. The molecule has 0 aromatic heterocycles. The van der Waals surface area contributed by atoms with E-state index in [1.807, 2.05) is 0 Å². The fourth-order valence-electron chi connectivity index (χ4n) is 3.45. The van der Waals surface area contributed by atoms with E-state index in [0.29, 0.717) is 30.7 Å². The molecule has 1 saturated carbocycles. The molecule has 10 nitrogen and oxygen atoms in total. The van der Waals surface area contributed by atoms with Crippen LogP contribution in [0, 0.1) is 11.8 Å². The van der Waals surface area contributed by atoms with Crippen LogP contribution in [0.2, 0.25) is 0 Å². The molecule has 0 radical (unpaired) electrons. The summed E-state index contributed by atoms with van der Waals surface area (Å²) in [5.74, 6) is -2.66. The number of hydrogen-bond acceptors (Lipinski definition) is 8. The quantitative estimate of drug-likeness (QED) is 0.614. The molecule has 3 aliphatic rings. The Hall–Kier alpha value is -2.43. The molecule has 0 bridgehead atoms. The van der Waals surface area contributed by atoms with E-state index in [-0.39, 0.29) is 54.7 Å². The summed E-state index contributed by atoms with van der Waals surface area (Å²) in [5, 5.41) is 2.97. The van der Waals surface area contributed by atoms with Crippen LogP contribution in [0.25, 0.3) is 0 Å². The molecule has 1 N–H and O–H groups in total. The zero-order valence-corrected chi connectivity index (χ0v) is 16.0. The molecule has 11 heteroatoms. The maximum atomic E-state index is 12.3. The van der Waals surface area contributed by atoms with Crippen molar-refractivity contribution >= 4 is 46.6 Å². The van der Waals surface area contributed by atoms with Gasteiger partial charge in [-0.3, -0.25) is 28.9 Å². The third-order valence-electron chi connectivity index (χ3n) is 5.09. The number of imide groups is 2. The molecule has 2 heterocycles. The molecule has 152 valence electrons. The minimum Gasteiger partial charge on any atom is -0.354 e. The Morgan fingerprint density at radius 1 is 0.964 bits per heavy atom. The molecule has 2 aliphatic heterocycles. The van der Waals surface area contributed by atoms with Gasteiger partial charge in [-0.15, -0.1) is 5.06 Å². The first-order valence-electron chi connectivity index (χ1n) is 9.19. The summed E-state index contributed by atoms with van der Waals surface area (Å²) in [7, 11) is 0. The first-order chi connectivity index (χ1) is 13.4. The van der Waals surface area contributed by atoms with E-state index in [4.69, 9.17) is 4.84 Å². The summed E-state index contributed by atoms with van der Waals surface area (Å²) in [6, 6.07) is 0. The van der Waals surface area contributed by atoms with E-state index in [2.05, 4.69) is 5.32 Å². The first-order valence-corrected chi connectivity index (χ1v) is 10.2. The smallest absolute Gasteiger partial charge is 0.336 e. The van der Waals surface area contributed by atoms with Gasteiger partial charge in [-0.05, 0) is 25.7 Å². The van der Waals surface area contributed by atoms with Crippen LogP contribution < -0.4 is 5.32 Å². The Labute approximate surface area is 165 Å². The predicted octanol–water partition coefficient (Wildman–Crippen LogP) is 0.212. The Morgan fingerprint density at radius 2 is 1.57 bits per heavy atom. The number of thioether (sulfide) groups is 1.